The minimum atomic E-state index is 0.0292. The summed E-state index contributed by atoms with van der Waals surface area (Å²) in [5, 5.41) is 2.87. The second-order valence-corrected chi connectivity index (χ2v) is 3.73. The lowest BCUT2D eigenvalue weighted by Crippen LogP contribution is -2.41. The fourth-order valence-electron chi connectivity index (χ4n) is 1.97. The fraction of sp³-hybridized carbons (Fsp3) is 0.364. The fourth-order valence-corrected chi connectivity index (χ4v) is 1.97. The molecule has 3 N–H and O–H groups in total. The van der Waals surface area contributed by atoms with Crippen LogP contribution < -0.4 is 16.0 Å². The van der Waals surface area contributed by atoms with Crippen LogP contribution in [-0.2, 0) is 4.79 Å². The Morgan fingerprint density at radius 2 is 2.33 bits per heavy atom. The van der Waals surface area contributed by atoms with E-state index in [1.54, 1.807) is 0 Å². The van der Waals surface area contributed by atoms with Crippen LogP contribution in [0.4, 0.5) is 11.4 Å². The smallest absolute Gasteiger partial charge is 0.243 e. The average Bonchev–Trinajstić information content (AvgIpc) is 2.17. The standard InChI is InChI=1S/C11H15N3O/c1-8-3-2-4-9-11(8)14(6-5-12)7-10(15)13-9/h2-4H,5-7,12H2,1H3,(H,13,15). The summed E-state index contributed by atoms with van der Waals surface area (Å²) >= 11 is 0. The predicted molar refractivity (Wildman–Crippen MR) is 61.1 cm³/mol. The highest BCUT2D eigenvalue weighted by Gasteiger charge is 2.22. The van der Waals surface area contributed by atoms with Crippen molar-refractivity contribution in [2.75, 3.05) is 29.9 Å². The number of hydrogen-bond donors (Lipinski definition) is 2. The molecule has 1 aliphatic heterocycles. The molecule has 2 rings (SSSR count). The van der Waals surface area contributed by atoms with Crippen molar-refractivity contribution in [3.05, 3.63) is 23.8 Å². The van der Waals surface area contributed by atoms with Crippen molar-refractivity contribution < 1.29 is 4.79 Å². The van der Waals surface area contributed by atoms with Crippen molar-refractivity contribution in [1.29, 1.82) is 0 Å². The van der Waals surface area contributed by atoms with Gasteiger partial charge in [0.25, 0.3) is 0 Å². The van der Waals surface area contributed by atoms with Gasteiger partial charge >= 0.3 is 0 Å². The molecule has 0 saturated heterocycles. The number of nitrogens with one attached hydrogen (secondary N) is 1. The van der Waals surface area contributed by atoms with Gasteiger partial charge in [0.1, 0.15) is 0 Å². The molecule has 0 saturated carbocycles. The van der Waals surface area contributed by atoms with Crippen LogP contribution in [0.15, 0.2) is 18.2 Å². The minimum Gasteiger partial charge on any atom is -0.359 e. The van der Waals surface area contributed by atoms with E-state index in [1.807, 2.05) is 30.0 Å². The maximum absolute atomic E-state index is 11.4. The first-order chi connectivity index (χ1) is 7.22. The minimum absolute atomic E-state index is 0.0292. The molecular formula is C11H15N3O. The van der Waals surface area contributed by atoms with Gasteiger partial charge in [-0.15, -0.1) is 0 Å². The van der Waals surface area contributed by atoms with Gasteiger partial charge < -0.3 is 16.0 Å². The summed E-state index contributed by atoms with van der Waals surface area (Å²) in [6.07, 6.45) is 0. The number of benzene rings is 1. The van der Waals surface area contributed by atoms with Crippen molar-refractivity contribution in [3.63, 3.8) is 0 Å². The van der Waals surface area contributed by atoms with Crippen LogP contribution in [0.1, 0.15) is 5.56 Å². The molecule has 0 aromatic heterocycles. The van der Waals surface area contributed by atoms with E-state index in [2.05, 4.69) is 5.32 Å². The normalized spacial score (nSPS) is 14.8. The molecule has 0 aliphatic carbocycles. The lowest BCUT2D eigenvalue weighted by Gasteiger charge is -2.31. The summed E-state index contributed by atoms with van der Waals surface area (Å²) in [6.45, 7) is 3.71. The van der Waals surface area contributed by atoms with Crippen molar-refractivity contribution in [3.8, 4) is 0 Å². The van der Waals surface area contributed by atoms with E-state index in [-0.39, 0.29) is 5.91 Å². The van der Waals surface area contributed by atoms with Crippen LogP contribution in [0, 0.1) is 6.92 Å². The van der Waals surface area contributed by atoms with Gasteiger partial charge in [-0.05, 0) is 18.6 Å². The Bertz CT molecular complexity index is 389. The van der Waals surface area contributed by atoms with Crippen LogP contribution >= 0.6 is 0 Å². The Balaban J connectivity index is 2.42. The summed E-state index contributed by atoms with van der Waals surface area (Å²) in [6, 6.07) is 5.91. The lowest BCUT2D eigenvalue weighted by molar-refractivity contribution is -0.115. The Morgan fingerprint density at radius 3 is 3.07 bits per heavy atom. The zero-order valence-electron chi connectivity index (χ0n) is 8.79. The van der Waals surface area contributed by atoms with Crippen molar-refractivity contribution >= 4 is 17.3 Å². The number of aryl methyl sites for hydroxylation is 1. The summed E-state index contributed by atoms with van der Waals surface area (Å²) in [7, 11) is 0. The number of carbonyl (C=O) groups excluding carboxylic acids is 1. The first-order valence-corrected chi connectivity index (χ1v) is 5.07. The van der Waals surface area contributed by atoms with Crippen molar-refractivity contribution in [2.24, 2.45) is 5.73 Å². The van der Waals surface area contributed by atoms with Crippen LogP contribution in [0.25, 0.3) is 0 Å². The molecule has 1 aromatic rings. The number of rotatable bonds is 2. The number of para-hydroxylation sites is 1. The van der Waals surface area contributed by atoms with E-state index in [4.69, 9.17) is 5.73 Å². The number of nitrogens with zero attached hydrogens (tertiary/aromatic N) is 1. The molecule has 15 heavy (non-hydrogen) atoms. The third-order valence-corrected chi connectivity index (χ3v) is 2.56. The van der Waals surface area contributed by atoms with E-state index in [1.165, 1.54) is 5.56 Å². The summed E-state index contributed by atoms with van der Waals surface area (Å²) in [5.74, 6) is 0.0292. The number of anilines is 2. The Kier molecular flexibility index (Phi) is 2.60. The van der Waals surface area contributed by atoms with Gasteiger partial charge in [0, 0.05) is 13.1 Å². The SMILES string of the molecule is Cc1cccc2c1N(CCN)CC(=O)N2. The Hall–Kier alpha value is -1.55. The molecule has 4 nitrogen and oxygen atoms in total. The van der Waals surface area contributed by atoms with Gasteiger partial charge in [0.2, 0.25) is 5.91 Å². The number of carbonyl (C=O) groups is 1. The third-order valence-electron chi connectivity index (χ3n) is 2.56. The number of hydrogen-bond acceptors (Lipinski definition) is 3. The largest absolute Gasteiger partial charge is 0.359 e. The molecular weight excluding hydrogens is 190 g/mol. The zero-order valence-corrected chi connectivity index (χ0v) is 8.79. The van der Waals surface area contributed by atoms with Crippen LogP contribution in [-0.4, -0.2) is 25.5 Å². The van der Waals surface area contributed by atoms with Gasteiger partial charge in [-0.25, -0.2) is 0 Å². The molecule has 0 radical (unpaired) electrons. The topological polar surface area (TPSA) is 58.4 Å². The Labute approximate surface area is 89.1 Å². The van der Waals surface area contributed by atoms with E-state index >= 15 is 0 Å². The summed E-state index contributed by atoms with van der Waals surface area (Å²) in [4.78, 5) is 13.5. The van der Waals surface area contributed by atoms with Crippen LogP contribution in [0.3, 0.4) is 0 Å². The maximum atomic E-state index is 11.4. The van der Waals surface area contributed by atoms with E-state index in [0.717, 1.165) is 11.4 Å². The lowest BCUT2D eigenvalue weighted by atomic mass is 10.1. The first kappa shape index (κ1) is 9.98. The third kappa shape index (κ3) is 1.80. The second kappa shape index (κ2) is 3.90. The summed E-state index contributed by atoms with van der Waals surface area (Å²) < 4.78 is 0. The molecule has 1 aromatic carbocycles. The van der Waals surface area contributed by atoms with E-state index in [9.17, 15) is 4.79 Å². The molecule has 1 amide bonds. The molecule has 1 aliphatic rings. The second-order valence-electron chi connectivity index (χ2n) is 3.73. The molecule has 80 valence electrons. The number of nitrogens with two attached hydrogens (primary N) is 1. The highest BCUT2D eigenvalue weighted by molar-refractivity contribution is 6.01. The van der Waals surface area contributed by atoms with Gasteiger partial charge in [0.05, 0.1) is 17.9 Å². The van der Waals surface area contributed by atoms with E-state index < -0.39 is 0 Å². The van der Waals surface area contributed by atoms with Gasteiger partial charge in [-0.2, -0.15) is 0 Å². The van der Waals surface area contributed by atoms with Gasteiger partial charge in [-0.3, -0.25) is 4.79 Å². The van der Waals surface area contributed by atoms with Gasteiger partial charge in [0.15, 0.2) is 0 Å². The monoisotopic (exact) mass is 205 g/mol. The van der Waals surface area contributed by atoms with E-state index in [0.29, 0.717) is 19.6 Å². The van der Waals surface area contributed by atoms with Crippen molar-refractivity contribution in [1.82, 2.24) is 0 Å². The van der Waals surface area contributed by atoms with Crippen LogP contribution in [0.5, 0.6) is 0 Å². The molecule has 0 atom stereocenters. The molecule has 1 heterocycles. The van der Waals surface area contributed by atoms with Crippen molar-refractivity contribution in [2.45, 2.75) is 6.92 Å². The molecule has 0 fully saturated rings. The first-order valence-electron chi connectivity index (χ1n) is 5.07. The predicted octanol–water partition coefficient (Wildman–Crippen LogP) is 0.712. The highest BCUT2D eigenvalue weighted by Crippen LogP contribution is 2.32. The number of amides is 1. The molecule has 0 spiro atoms. The highest BCUT2D eigenvalue weighted by atomic mass is 16.2. The molecule has 0 bridgehead atoms. The molecule has 4 heteroatoms. The maximum Gasteiger partial charge on any atom is 0.243 e. The number of fused-ring (bicyclic) bond motifs is 1. The summed E-state index contributed by atoms with van der Waals surface area (Å²) in [5.41, 5.74) is 8.69. The van der Waals surface area contributed by atoms with Crippen LogP contribution in [0.2, 0.25) is 0 Å². The average molecular weight is 205 g/mol. The van der Waals surface area contributed by atoms with Gasteiger partial charge in [-0.1, -0.05) is 12.1 Å². The molecule has 0 unspecified atom stereocenters. The quantitative estimate of drug-likeness (QED) is 0.747. The zero-order chi connectivity index (χ0) is 10.8. The Morgan fingerprint density at radius 1 is 1.53 bits per heavy atom.